The second kappa shape index (κ2) is 15.5. The molecule has 1 atom stereocenters. The van der Waals surface area contributed by atoms with Gasteiger partial charge in [-0.15, -0.1) is 0 Å². The van der Waals surface area contributed by atoms with Gasteiger partial charge in [0, 0.05) is 17.6 Å². The average Bonchev–Trinajstić information content (AvgIpc) is 3.07. The molecule has 0 aromatic heterocycles. The minimum atomic E-state index is -4.20. The van der Waals surface area contributed by atoms with Gasteiger partial charge in [-0.3, -0.25) is 13.9 Å². The minimum Gasteiger partial charge on any atom is -0.457 e. The molecule has 1 saturated carbocycles. The van der Waals surface area contributed by atoms with Gasteiger partial charge in [0.15, 0.2) is 0 Å². The monoisotopic (exact) mass is 673 g/mol. The van der Waals surface area contributed by atoms with Gasteiger partial charge in [0.05, 0.1) is 10.6 Å². The van der Waals surface area contributed by atoms with Crippen molar-refractivity contribution in [2.75, 3.05) is 10.8 Å². The third-order valence-electron chi connectivity index (χ3n) is 8.35. The van der Waals surface area contributed by atoms with E-state index in [1.54, 1.807) is 61.5 Å². The number of aryl methyl sites for hydroxylation is 1. The SMILES string of the molecule is Cc1ccc(S(=O)(=O)N(CC(=O)N(Cc2cccc(Cl)c2)C(C)C(=O)NC2CCCCC2)c2ccc(Oc3ccccc3)cc2)cc1. The number of hydrogen-bond donors (Lipinski definition) is 1. The van der Waals surface area contributed by atoms with Crippen molar-refractivity contribution < 1.29 is 22.7 Å². The predicted molar refractivity (Wildman–Crippen MR) is 185 cm³/mol. The summed E-state index contributed by atoms with van der Waals surface area (Å²) < 4.78 is 35.3. The number of anilines is 1. The molecule has 1 aliphatic carbocycles. The van der Waals surface area contributed by atoms with Crippen LogP contribution in [-0.4, -0.2) is 43.8 Å². The van der Waals surface area contributed by atoms with E-state index >= 15 is 0 Å². The average molecular weight is 674 g/mol. The van der Waals surface area contributed by atoms with Crippen molar-refractivity contribution in [3.63, 3.8) is 0 Å². The molecule has 0 spiro atoms. The molecule has 246 valence electrons. The summed E-state index contributed by atoms with van der Waals surface area (Å²) in [5, 5.41) is 3.61. The van der Waals surface area contributed by atoms with Gasteiger partial charge in [-0.25, -0.2) is 8.42 Å². The third kappa shape index (κ3) is 8.93. The molecule has 10 heteroatoms. The maximum atomic E-state index is 14.3. The van der Waals surface area contributed by atoms with E-state index in [9.17, 15) is 18.0 Å². The summed E-state index contributed by atoms with van der Waals surface area (Å²) in [6.45, 7) is 3.09. The summed E-state index contributed by atoms with van der Waals surface area (Å²) in [6, 6.07) is 28.5. The molecule has 0 bridgehead atoms. The van der Waals surface area contributed by atoms with E-state index in [0.717, 1.165) is 47.5 Å². The Labute approximate surface area is 282 Å². The molecule has 5 rings (SSSR count). The summed E-state index contributed by atoms with van der Waals surface area (Å²) in [5.41, 5.74) is 1.90. The van der Waals surface area contributed by atoms with Gasteiger partial charge in [-0.05, 0) is 92.9 Å². The van der Waals surface area contributed by atoms with Crippen molar-refractivity contribution in [2.45, 2.75) is 69.5 Å². The van der Waals surface area contributed by atoms with E-state index in [1.165, 1.54) is 17.0 Å². The smallest absolute Gasteiger partial charge is 0.264 e. The van der Waals surface area contributed by atoms with E-state index in [4.69, 9.17) is 16.3 Å². The van der Waals surface area contributed by atoms with Crippen LogP contribution < -0.4 is 14.4 Å². The highest BCUT2D eigenvalue weighted by Crippen LogP contribution is 2.29. The number of halogens is 1. The molecule has 0 radical (unpaired) electrons. The molecule has 1 N–H and O–H groups in total. The lowest BCUT2D eigenvalue weighted by molar-refractivity contribution is -0.139. The topological polar surface area (TPSA) is 96.0 Å². The van der Waals surface area contributed by atoms with Crippen LogP contribution >= 0.6 is 11.6 Å². The fraction of sp³-hybridized carbons (Fsp3) is 0.297. The Hall–Kier alpha value is -4.34. The standard InChI is InChI=1S/C37H40ClN3O5S/c1-27-16-22-35(23-17-27)47(44,45)41(32-18-20-34(21-19-32)46-33-14-7-4-8-15-33)26-36(42)40(25-29-10-9-11-30(38)24-29)28(2)37(43)39-31-12-5-3-6-13-31/h4,7-11,14-24,28,31H,3,5-6,12-13,25-26H2,1-2H3,(H,39,43). The molecule has 4 aromatic carbocycles. The van der Waals surface area contributed by atoms with Crippen LogP contribution in [-0.2, 0) is 26.2 Å². The van der Waals surface area contributed by atoms with Crippen LogP contribution in [0.15, 0.2) is 108 Å². The van der Waals surface area contributed by atoms with Gasteiger partial charge in [0.1, 0.15) is 24.1 Å². The molecular weight excluding hydrogens is 634 g/mol. The van der Waals surface area contributed by atoms with Crippen molar-refractivity contribution in [1.29, 1.82) is 0 Å². The predicted octanol–water partition coefficient (Wildman–Crippen LogP) is 7.50. The second-order valence-electron chi connectivity index (χ2n) is 11.9. The summed E-state index contributed by atoms with van der Waals surface area (Å²) in [4.78, 5) is 29.3. The Morgan fingerprint density at radius 1 is 0.872 bits per heavy atom. The van der Waals surface area contributed by atoms with Crippen LogP contribution in [0.25, 0.3) is 0 Å². The summed E-state index contributed by atoms with van der Waals surface area (Å²) in [5.74, 6) is 0.338. The zero-order valence-electron chi connectivity index (χ0n) is 26.6. The zero-order valence-corrected chi connectivity index (χ0v) is 28.2. The lowest BCUT2D eigenvalue weighted by Crippen LogP contribution is -2.53. The van der Waals surface area contributed by atoms with Gasteiger partial charge in [-0.2, -0.15) is 0 Å². The van der Waals surface area contributed by atoms with Gasteiger partial charge < -0.3 is 15.0 Å². The maximum absolute atomic E-state index is 14.3. The third-order valence-corrected chi connectivity index (χ3v) is 10.4. The van der Waals surface area contributed by atoms with Crippen molar-refractivity contribution in [3.8, 4) is 11.5 Å². The molecule has 1 fully saturated rings. The number of ether oxygens (including phenoxy) is 1. The minimum absolute atomic E-state index is 0.0463. The Morgan fingerprint density at radius 2 is 1.53 bits per heavy atom. The summed E-state index contributed by atoms with van der Waals surface area (Å²) in [6.07, 6.45) is 5.03. The first kappa shape index (κ1) is 34.0. The largest absolute Gasteiger partial charge is 0.457 e. The van der Waals surface area contributed by atoms with Crippen molar-refractivity contribution in [3.05, 3.63) is 119 Å². The highest BCUT2D eigenvalue weighted by atomic mass is 35.5. The normalized spacial score (nSPS) is 14.2. The van der Waals surface area contributed by atoms with Crippen LogP contribution in [0, 0.1) is 6.92 Å². The van der Waals surface area contributed by atoms with Crippen LogP contribution in [0.3, 0.4) is 0 Å². The van der Waals surface area contributed by atoms with Gasteiger partial charge in [0.25, 0.3) is 10.0 Å². The van der Waals surface area contributed by atoms with E-state index < -0.39 is 28.5 Å². The van der Waals surface area contributed by atoms with Crippen LogP contribution in [0.4, 0.5) is 5.69 Å². The molecule has 0 aliphatic heterocycles. The van der Waals surface area contributed by atoms with Crippen LogP contribution in [0.2, 0.25) is 5.02 Å². The van der Waals surface area contributed by atoms with Crippen molar-refractivity contribution in [1.82, 2.24) is 10.2 Å². The number of nitrogens with zero attached hydrogens (tertiary/aromatic N) is 2. The first-order valence-corrected chi connectivity index (χ1v) is 17.7. The lowest BCUT2D eigenvalue weighted by Gasteiger charge is -2.33. The molecule has 8 nitrogen and oxygen atoms in total. The van der Waals surface area contributed by atoms with Crippen LogP contribution in [0.5, 0.6) is 11.5 Å². The van der Waals surface area contributed by atoms with E-state index in [0.29, 0.717) is 16.5 Å². The van der Waals surface area contributed by atoms with Gasteiger partial charge in [-0.1, -0.05) is 78.9 Å². The summed E-state index contributed by atoms with van der Waals surface area (Å²) >= 11 is 6.27. The molecule has 0 saturated heterocycles. The van der Waals surface area contributed by atoms with Crippen LogP contribution in [0.1, 0.15) is 50.2 Å². The van der Waals surface area contributed by atoms with Crippen molar-refractivity contribution in [2.24, 2.45) is 0 Å². The Bertz CT molecular complexity index is 1760. The number of hydrogen-bond acceptors (Lipinski definition) is 5. The molecular formula is C37H40ClN3O5S. The van der Waals surface area contributed by atoms with E-state index in [-0.39, 0.29) is 29.1 Å². The maximum Gasteiger partial charge on any atom is 0.264 e. The molecule has 1 aliphatic rings. The summed E-state index contributed by atoms with van der Waals surface area (Å²) in [7, 11) is -4.20. The van der Waals surface area contributed by atoms with Gasteiger partial charge >= 0.3 is 0 Å². The molecule has 1 unspecified atom stereocenters. The number of amides is 2. The Balaban J connectivity index is 1.46. The molecule has 47 heavy (non-hydrogen) atoms. The first-order chi connectivity index (χ1) is 22.6. The van der Waals surface area contributed by atoms with E-state index in [2.05, 4.69) is 5.32 Å². The fourth-order valence-corrected chi connectivity index (χ4v) is 7.28. The van der Waals surface area contributed by atoms with Gasteiger partial charge in [0.2, 0.25) is 11.8 Å². The molecule has 0 heterocycles. The number of carbonyl (C=O) groups excluding carboxylic acids is 2. The highest BCUT2D eigenvalue weighted by Gasteiger charge is 2.33. The highest BCUT2D eigenvalue weighted by molar-refractivity contribution is 7.92. The molecule has 2 amide bonds. The Morgan fingerprint density at radius 3 is 2.19 bits per heavy atom. The number of benzene rings is 4. The Kier molecular flexibility index (Phi) is 11.2. The number of nitrogens with one attached hydrogen (secondary N) is 1. The number of rotatable bonds is 12. The van der Waals surface area contributed by atoms with Crippen molar-refractivity contribution >= 4 is 39.1 Å². The number of sulfonamides is 1. The zero-order chi connectivity index (χ0) is 33.4. The fourth-order valence-electron chi connectivity index (χ4n) is 5.65. The lowest BCUT2D eigenvalue weighted by atomic mass is 9.95. The second-order valence-corrected chi connectivity index (χ2v) is 14.2. The quantitative estimate of drug-likeness (QED) is 0.168. The van der Waals surface area contributed by atoms with E-state index in [1.807, 2.05) is 43.3 Å². The first-order valence-electron chi connectivity index (χ1n) is 15.9. The molecule has 4 aromatic rings. The number of carbonyl (C=O) groups is 2. The number of para-hydroxylation sites is 1.